The highest BCUT2D eigenvalue weighted by Gasteiger charge is 2.04. The van der Waals surface area contributed by atoms with Crippen LogP contribution in [0.25, 0.3) is 10.1 Å². The Balaban J connectivity index is 2.80. The molecule has 1 aromatic heterocycles. The van der Waals surface area contributed by atoms with Crippen LogP contribution in [0, 0.1) is 6.92 Å². The van der Waals surface area contributed by atoms with Crippen LogP contribution in [0.1, 0.15) is 17.4 Å². The average molecular weight is 255 g/mol. The first kappa shape index (κ1) is 9.22. The van der Waals surface area contributed by atoms with Crippen LogP contribution in [0.3, 0.4) is 0 Å². The molecule has 0 spiro atoms. The van der Waals surface area contributed by atoms with E-state index in [-0.39, 0.29) is 0 Å². The summed E-state index contributed by atoms with van der Waals surface area (Å²) in [5.74, 6) is 0. The Hall–Kier alpha value is -0.340. The zero-order valence-corrected chi connectivity index (χ0v) is 10.1. The Morgan fingerprint density at radius 1 is 1.31 bits per heavy atom. The van der Waals surface area contributed by atoms with Gasteiger partial charge in [-0.2, -0.15) is 0 Å². The van der Waals surface area contributed by atoms with Crippen molar-refractivity contribution in [2.24, 2.45) is 0 Å². The van der Waals surface area contributed by atoms with Crippen molar-refractivity contribution in [3.05, 3.63) is 33.1 Å². The summed E-state index contributed by atoms with van der Waals surface area (Å²) in [5, 5.41) is 1.42. The first-order valence-electron chi connectivity index (χ1n) is 4.39. The summed E-state index contributed by atoms with van der Waals surface area (Å²) in [6.07, 6.45) is 1.10. The highest BCUT2D eigenvalue weighted by atomic mass is 79.9. The number of rotatable bonds is 1. The lowest BCUT2D eigenvalue weighted by Gasteiger charge is -1.99. The van der Waals surface area contributed by atoms with Crippen molar-refractivity contribution in [3.8, 4) is 0 Å². The molecule has 0 fully saturated rings. The maximum atomic E-state index is 3.54. The molecule has 1 aromatic carbocycles. The Morgan fingerprint density at radius 3 is 2.77 bits per heavy atom. The number of thiophene rings is 1. The first-order valence-corrected chi connectivity index (χ1v) is 6.00. The maximum Gasteiger partial charge on any atom is 0.0359 e. The van der Waals surface area contributed by atoms with Gasteiger partial charge in [0.25, 0.3) is 0 Å². The number of fused-ring (bicyclic) bond motifs is 1. The van der Waals surface area contributed by atoms with E-state index in [1.54, 1.807) is 0 Å². The quantitative estimate of drug-likeness (QED) is 0.702. The molecule has 0 atom stereocenters. The van der Waals surface area contributed by atoms with Crippen molar-refractivity contribution in [3.63, 3.8) is 0 Å². The van der Waals surface area contributed by atoms with Crippen molar-refractivity contribution in [2.75, 3.05) is 0 Å². The van der Waals surface area contributed by atoms with Gasteiger partial charge in [-0.25, -0.2) is 0 Å². The molecule has 0 saturated carbocycles. The zero-order chi connectivity index (χ0) is 9.42. The van der Waals surface area contributed by atoms with Crippen LogP contribution in [0.15, 0.2) is 22.7 Å². The van der Waals surface area contributed by atoms with E-state index < -0.39 is 0 Å². The monoisotopic (exact) mass is 254 g/mol. The molecule has 68 valence electrons. The highest BCUT2D eigenvalue weighted by Crippen LogP contribution is 2.31. The van der Waals surface area contributed by atoms with Crippen LogP contribution >= 0.6 is 27.3 Å². The lowest BCUT2D eigenvalue weighted by Crippen LogP contribution is -1.80. The largest absolute Gasteiger partial charge is 0.141 e. The van der Waals surface area contributed by atoms with E-state index in [0.717, 1.165) is 6.42 Å². The standard InChI is InChI=1S/C11H11BrS/c1-3-8-5-9(12)6-11-10(8)4-7(2)13-11/h4-6H,3H2,1-2H3. The topological polar surface area (TPSA) is 0 Å². The summed E-state index contributed by atoms with van der Waals surface area (Å²) < 4.78 is 2.59. The van der Waals surface area contributed by atoms with Crippen LogP contribution in [0.4, 0.5) is 0 Å². The molecule has 0 aliphatic rings. The Kier molecular flexibility index (Phi) is 2.43. The molecule has 1 heterocycles. The summed E-state index contributed by atoms with van der Waals surface area (Å²) in [6.45, 7) is 4.37. The van der Waals surface area contributed by atoms with Crippen LogP contribution in [0.5, 0.6) is 0 Å². The van der Waals surface area contributed by atoms with Gasteiger partial charge in [0, 0.05) is 14.0 Å². The van der Waals surface area contributed by atoms with Gasteiger partial charge in [0.1, 0.15) is 0 Å². The number of halogens is 1. The van der Waals surface area contributed by atoms with Crippen molar-refractivity contribution in [2.45, 2.75) is 20.3 Å². The first-order chi connectivity index (χ1) is 6.20. The van der Waals surface area contributed by atoms with Crippen molar-refractivity contribution in [1.29, 1.82) is 0 Å². The molecule has 2 aromatic rings. The highest BCUT2D eigenvalue weighted by molar-refractivity contribution is 9.10. The fraction of sp³-hybridized carbons (Fsp3) is 0.273. The van der Waals surface area contributed by atoms with Crippen LogP contribution in [0.2, 0.25) is 0 Å². The van der Waals surface area contributed by atoms with Gasteiger partial charge >= 0.3 is 0 Å². The maximum absolute atomic E-state index is 3.54. The van der Waals surface area contributed by atoms with Crippen molar-refractivity contribution in [1.82, 2.24) is 0 Å². The molecule has 0 unspecified atom stereocenters. The Labute approximate surface area is 90.7 Å². The second kappa shape index (κ2) is 3.43. The van der Waals surface area contributed by atoms with E-state index in [1.165, 1.54) is 25.0 Å². The SMILES string of the molecule is CCc1cc(Br)cc2sc(C)cc12. The fourth-order valence-corrected chi connectivity index (χ4v) is 3.26. The lowest BCUT2D eigenvalue weighted by molar-refractivity contribution is 1.16. The smallest absolute Gasteiger partial charge is 0.0359 e. The van der Waals surface area contributed by atoms with Crippen molar-refractivity contribution >= 4 is 37.4 Å². The van der Waals surface area contributed by atoms with Gasteiger partial charge in [0.05, 0.1) is 0 Å². The number of hydrogen-bond donors (Lipinski definition) is 0. The minimum absolute atomic E-state index is 1.10. The third-order valence-electron chi connectivity index (χ3n) is 2.19. The zero-order valence-electron chi connectivity index (χ0n) is 7.73. The summed E-state index contributed by atoms with van der Waals surface area (Å²) in [5.41, 5.74) is 1.44. The second-order valence-electron chi connectivity index (χ2n) is 3.19. The van der Waals surface area contributed by atoms with Crippen LogP contribution in [-0.4, -0.2) is 0 Å². The molecule has 2 heteroatoms. The van der Waals surface area contributed by atoms with Crippen LogP contribution < -0.4 is 0 Å². The minimum atomic E-state index is 1.10. The fourth-order valence-electron chi connectivity index (χ4n) is 1.59. The third-order valence-corrected chi connectivity index (χ3v) is 3.65. The Morgan fingerprint density at radius 2 is 2.08 bits per heavy atom. The van der Waals surface area contributed by atoms with Gasteiger partial charge in [0.15, 0.2) is 0 Å². The average Bonchev–Trinajstić information content (AvgIpc) is 2.43. The summed E-state index contributed by atoms with van der Waals surface area (Å²) in [4.78, 5) is 1.39. The van der Waals surface area contributed by atoms with E-state index >= 15 is 0 Å². The summed E-state index contributed by atoms with van der Waals surface area (Å²) >= 11 is 5.41. The van der Waals surface area contributed by atoms with E-state index in [9.17, 15) is 0 Å². The molecule has 0 aliphatic carbocycles. The molecular weight excluding hydrogens is 244 g/mol. The molecule has 0 N–H and O–H groups in total. The molecule has 0 radical (unpaired) electrons. The van der Waals surface area contributed by atoms with E-state index in [2.05, 4.69) is 48.0 Å². The number of benzene rings is 1. The molecule has 2 rings (SSSR count). The van der Waals surface area contributed by atoms with Gasteiger partial charge in [0.2, 0.25) is 0 Å². The third kappa shape index (κ3) is 1.65. The van der Waals surface area contributed by atoms with E-state index in [0.29, 0.717) is 0 Å². The molecule has 0 bridgehead atoms. The normalized spacial score (nSPS) is 11.0. The number of hydrogen-bond acceptors (Lipinski definition) is 1. The lowest BCUT2D eigenvalue weighted by atomic mass is 10.1. The van der Waals surface area contributed by atoms with Gasteiger partial charge in [-0.3, -0.25) is 0 Å². The molecule has 0 amide bonds. The van der Waals surface area contributed by atoms with Gasteiger partial charge < -0.3 is 0 Å². The predicted molar refractivity (Wildman–Crippen MR) is 63.6 cm³/mol. The van der Waals surface area contributed by atoms with Gasteiger partial charge in [-0.05, 0) is 42.5 Å². The molecule has 13 heavy (non-hydrogen) atoms. The number of aryl methyl sites for hydroxylation is 2. The predicted octanol–water partition coefficient (Wildman–Crippen LogP) is 4.53. The summed E-state index contributed by atoms with van der Waals surface area (Å²) in [6, 6.07) is 6.70. The molecule has 0 aliphatic heterocycles. The van der Waals surface area contributed by atoms with E-state index in [1.807, 2.05) is 11.3 Å². The molecule has 0 saturated heterocycles. The minimum Gasteiger partial charge on any atom is -0.141 e. The van der Waals surface area contributed by atoms with E-state index in [4.69, 9.17) is 0 Å². The summed E-state index contributed by atoms with van der Waals surface area (Å²) in [7, 11) is 0. The molecular formula is C11H11BrS. The van der Waals surface area contributed by atoms with Crippen molar-refractivity contribution < 1.29 is 0 Å². The Bertz CT molecular complexity index is 443. The molecule has 0 nitrogen and oxygen atoms in total. The second-order valence-corrected chi connectivity index (χ2v) is 5.39. The van der Waals surface area contributed by atoms with Gasteiger partial charge in [-0.15, -0.1) is 11.3 Å². The van der Waals surface area contributed by atoms with Crippen LogP contribution in [-0.2, 0) is 6.42 Å². The van der Waals surface area contributed by atoms with Gasteiger partial charge in [-0.1, -0.05) is 22.9 Å².